The number of carbonyl (C=O) groups is 1. The van der Waals surface area contributed by atoms with Crippen LogP contribution >= 0.6 is 0 Å². The Hall–Kier alpha value is -0.640. The minimum atomic E-state index is -0.996. The molecule has 1 rings (SSSR count). The van der Waals surface area contributed by atoms with Crippen molar-refractivity contribution in [3.8, 4) is 0 Å². The summed E-state index contributed by atoms with van der Waals surface area (Å²) < 4.78 is 23.1. The molecule has 0 aromatic heterocycles. The van der Waals surface area contributed by atoms with Crippen molar-refractivity contribution in [2.45, 2.75) is 51.7 Å². The van der Waals surface area contributed by atoms with E-state index in [2.05, 4.69) is 0 Å². The van der Waals surface area contributed by atoms with Gasteiger partial charge >= 0.3 is 5.97 Å². The zero-order chi connectivity index (χ0) is 9.84. The SMILES string of the molecule is CCCC1OC(OC(C)=O)CC1F. The summed E-state index contributed by atoms with van der Waals surface area (Å²) in [4.78, 5) is 10.5. The summed E-state index contributed by atoms with van der Waals surface area (Å²) in [7, 11) is 0. The number of rotatable bonds is 3. The normalized spacial score (nSPS) is 33.3. The molecule has 0 saturated carbocycles. The molecule has 1 fully saturated rings. The van der Waals surface area contributed by atoms with E-state index in [9.17, 15) is 9.18 Å². The Bertz CT molecular complexity index is 184. The number of ether oxygens (including phenoxy) is 2. The monoisotopic (exact) mass is 190 g/mol. The summed E-state index contributed by atoms with van der Waals surface area (Å²) in [6, 6.07) is 0. The average molecular weight is 190 g/mol. The second-order valence-electron chi connectivity index (χ2n) is 3.25. The average Bonchev–Trinajstić information content (AvgIpc) is 2.31. The van der Waals surface area contributed by atoms with Crippen molar-refractivity contribution in [1.82, 2.24) is 0 Å². The molecular formula is C9H15FO3. The van der Waals surface area contributed by atoms with Gasteiger partial charge in [0.15, 0.2) is 0 Å². The Kier molecular flexibility index (Phi) is 3.66. The van der Waals surface area contributed by atoms with Crippen molar-refractivity contribution in [2.24, 2.45) is 0 Å². The van der Waals surface area contributed by atoms with Gasteiger partial charge in [0, 0.05) is 13.3 Å². The molecule has 0 radical (unpaired) electrons. The predicted octanol–water partition coefficient (Wildman–Crippen LogP) is 1.80. The largest absolute Gasteiger partial charge is 0.436 e. The first-order valence-electron chi connectivity index (χ1n) is 4.60. The molecule has 1 aliphatic rings. The molecule has 1 heterocycles. The van der Waals surface area contributed by atoms with Gasteiger partial charge in [0.2, 0.25) is 6.29 Å². The molecule has 3 nitrogen and oxygen atoms in total. The number of carbonyl (C=O) groups excluding carboxylic acids is 1. The highest BCUT2D eigenvalue weighted by atomic mass is 19.1. The van der Waals surface area contributed by atoms with Gasteiger partial charge < -0.3 is 9.47 Å². The van der Waals surface area contributed by atoms with Gasteiger partial charge in [-0.2, -0.15) is 0 Å². The molecule has 3 unspecified atom stereocenters. The van der Waals surface area contributed by atoms with E-state index in [0.717, 1.165) is 6.42 Å². The first-order chi connectivity index (χ1) is 6.13. The van der Waals surface area contributed by atoms with Crippen LogP contribution in [0.4, 0.5) is 4.39 Å². The van der Waals surface area contributed by atoms with E-state index in [1.165, 1.54) is 6.92 Å². The molecular weight excluding hydrogens is 175 g/mol. The molecule has 1 aliphatic heterocycles. The molecule has 0 spiro atoms. The molecule has 0 amide bonds. The third kappa shape index (κ3) is 2.95. The Morgan fingerprint density at radius 1 is 1.69 bits per heavy atom. The van der Waals surface area contributed by atoms with E-state index < -0.39 is 24.5 Å². The number of alkyl halides is 1. The predicted molar refractivity (Wildman–Crippen MR) is 44.8 cm³/mol. The maximum absolute atomic E-state index is 13.2. The van der Waals surface area contributed by atoms with Gasteiger partial charge in [0.25, 0.3) is 0 Å². The zero-order valence-electron chi connectivity index (χ0n) is 7.96. The lowest BCUT2D eigenvalue weighted by Crippen LogP contribution is -2.18. The Balaban J connectivity index is 2.35. The van der Waals surface area contributed by atoms with Gasteiger partial charge in [0.1, 0.15) is 6.17 Å². The highest BCUT2D eigenvalue weighted by Crippen LogP contribution is 2.26. The summed E-state index contributed by atoms with van der Waals surface area (Å²) in [5.74, 6) is -0.422. The van der Waals surface area contributed by atoms with E-state index in [0.29, 0.717) is 6.42 Å². The summed E-state index contributed by atoms with van der Waals surface area (Å²) in [6.45, 7) is 3.26. The van der Waals surface area contributed by atoms with Crippen LogP contribution in [0.3, 0.4) is 0 Å². The highest BCUT2D eigenvalue weighted by Gasteiger charge is 2.36. The first-order valence-corrected chi connectivity index (χ1v) is 4.60. The molecule has 13 heavy (non-hydrogen) atoms. The van der Waals surface area contributed by atoms with Crippen LogP contribution < -0.4 is 0 Å². The lowest BCUT2D eigenvalue weighted by molar-refractivity contribution is -0.173. The molecule has 0 aromatic carbocycles. The summed E-state index contributed by atoms with van der Waals surface area (Å²) in [5, 5.41) is 0. The minimum absolute atomic E-state index is 0.171. The third-order valence-electron chi connectivity index (χ3n) is 2.02. The number of halogens is 1. The lowest BCUT2D eigenvalue weighted by Gasteiger charge is -2.12. The molecule has 1 saturated heterocycles. The van der Waals surface area contributed by atoms with Crippen molar-refractivity contribution in [2.75, 3.05) is 0 Å². The maximum Gasteiger partial charge on any atom is 0.304 e. The molecule has 0 bridgehead atoms. The smallest absolute Gasteiger partial charge is 0.304 e. The summed E-state index contributed by atoms with van der Waals surface area (Å²) in [5.41, 5.74) is 0. The van der Waals surface area contributed by atoms with Crippen molar-refractivity contribution >= 4 is 5.97 Å². The van der Waals surface area contributed by atoms with Crippen LogP contribution in [0.5, 0.6) is 0 Å². The van der Waals surface area contributed by atoms with E-state index in [4.69, 9.17) is 9.47 Å². The van der Waals surface area contributed by atoms with E-state index in [1.807, 2.05) is 6.92 Å². The fraction of sp³-hybridized carbons (Fsp3) is 0.889. The third-order valence-corrected chi connectivity index (χ3v) is 2.02. The van der Waals surface area contributed by atoms with Crippen LogP contribution in [-0.2, 0) is 14.3 Å². The second-order valence-corrected chi connectivity index (χ2v) is 3.25. The van der Waals surface area contributed by atoms with Crippen LogP contribution in [0.25, 0.3) is 0 Å². The maximum atomic E-state index is 13.2. The summed E-state index contributed by atoms with van der Waals surface area (Å²) in [6.07, 6.45) is -0.344. The quantitative estimate of drug-likeness (QED) is 0.636. The van der Waals surface area contributed by atoms with Gasteiger partial charge in [-0.3, -0.25) is 4.79 Å². The Morgan fingerprint density at radius 2 is 2.38 bits per heavy atom. The molecule has 4 heteroatoms. The number of hydrogen-bond donors (Lipinski definition) is 0. The zero-order valence-corrected chi connectivity index (χ0v) is 7.96. The Morgan fingerprint density at radius 3 is 2.92 bits per heavy atom. The van der Waals surface area contributed by atoms with Crippen LogP contribution in [0, 0.1) is 0 Å². The van der Waals surface area contributed by atoms with Crippen molar-refractivity contribution < 1.29 is 18.7 Å². The van der Waals surface area contributed by atoms with Gasteiger partial charge in [-0.25, -0.2) is 4.39 Å². The fourth-order valence-electron chi connectivity index (χ4n) is 1.47. The van der Waals surface area contributed by atoms with Gasteiger partial charge in [-0.1, -0.05) is 13.3 Å². The van der Waals surface area contributed by atoms with Crippen LogP contribution in [-0.4, -0.2) is 24.5 Å². The van der Waals surface area contributed by atoms with Crippen molar-refractivity contribution in [1.29, 1.82) is 0 Å². The second kappa shape index (κ2) is 4.56. The van der Waals surface area contributed by atoms with Crippen LogP contribution in [0.15, 0.2) is 0 Å². The standard InChI is InChI=1S/C9H15FO3/c1-3-4-8-7(10)5-9(13-8)12-6(2)11/h7-9H,3-5H2,1-2H3. The van der Waals surface area contributed by atoms with Gasteiger partial charge in [-0.05, 0) is 6.42 Å². The first kappa shape index (κ1) is 10.4. The molecule has 3 atom stereocenters. The number of esters is 1. The fourth-order valence-corrected chi connectivity index (χ4v) is 1.47. The van der Waals surface area contributed by atoms with Gasteiger partial charge in [0.05, 0.1) is 6.10 Å². The van der Waals surface area contributed by atoms with Crippen LogP contribution in [0.1, 0.15) is 33.1 Å². The van der Waals surface area contributed by atoms with Crippen molar-refractivity contribution in [3.05, 3.63) is 0 Å². The summed E-state index contributed by atoms with van der Waals surface area (Å²) >= 11 is 0. The molecule has 76 valence electrons. The van der Waals surface area contributed by atoms with Crippen molar-refractivity contribution in [3.63, 3.8) is 0 Å². The highest BCUT2D eigenvalue weighted by molar-refractivity contribution is 5.66. The number of hydrogen-bond acceptors (Lipinski definition) is 3. The van der Waals surface area contributed by atoms with E-state index >= 15 is 0 Å². The molecule has 0 aromatic rings. The van der Waals surface area contributed by atoms with E-state index in [-0.39, 0.29) is 6.42 Å². The van der Waals surface area contributed by atoms with Gasteiger partial charge in [-0.15, -0.1) is 0 Å². The molecule has 0 aliphatic carbocycles. The Labute approximate surface area is 77.2 Å². The van der Waals surface area contributed by atoms with E-state index in [1.54, 1.807) is 0 Å². The van der Waals surface area contributed by atoms with Crippen LogP contribution in [0.2, 0.25) is 0 Å². The lowest BCUT2D eigenvalue weighted by atomic mass is 10.1. The minimum Gasteiger partial charge on any atom is -0.436 e. The molecule has 0 N–H and O–H groups in total. The topological polar surface area (TPSA) is 35.5 Å².